The molecule has 1 amide bonds. The van der Waals surface area contributed by atoms with Crippen molar-refractivity contribution < 1.29 is 4.79 Å². The Balaban J connectivity index is 1.54. The molecule has 1 aliphatic rings. The van der Waals surface area contributed by atoms with E-state index in [9.17, 15) is 4.79 Å². The minimum atomic E-state index is 0.124. The highest BCUT2D eigenvalue weighted by molar-refractivity contribution is 5.76. The van der Waals surface area contributed by atoms with Crippen LogP contribution in [0.25, 0.3) is 0 Å². The van der Waals surface area contributed by atoms with Gasteiger partial charge in [0.2, 0.25) is 5.91 Å². The Morgan fingerprint density at radius 1 is 1.29 bits per heavy atom. The second kappa shape index (κ2) is 6.35. The van der Waals surface area contributed by atoms with Gasteiger partial charge in [0, 0.05) is 37.9 Å². The van der Waals surface area contributed by atoms with Crippen LogP contribution in [0.3, 0.4) is 0 Å². The molecule has 0 aliphatic heterocycles. The number of nitrogens with one attached hydrogen (secondary N) is 2. The number of hydrogen-bond acceptors (Lipinski definition) is 3. The first-order valence-corrected chi connectivity index (χ1v) is 6.23. The summed E-state index contributed by atoms with van der Waals surface area (Å²) >= 11 is 0. The number of pyridine rings is 1. The molecule has 92 valence electrons. The highest BCUT2D eigenvalue weighted by atomic mass is 16.1. The van der Waals surface area contributed by atoms with Crippen LogP contribution in [0, 0.1) is 0 Å². The van der Waals surface area contributed by atoms with Crippen LogP contribution < -0.4 is 10.6 Å². The van der Waals surface area contributed by atoms with E-state index in [1.807, 2.05) is 12.1 Å². The molecule has 1 heterocycles. The minimum absolute atomic E-state index is 0.124. The molecule has 1 aromatic heterocycles. The molecule has 17 heavy (non-hydrogen) atoms. The summed E-state index contributed by atoms with van der Waals surface area (Å²) in [6.07, 6.45) is 7.42. The third-order valence-electron chi connectivity index (χ3n) is 2.85. The summed E-state index contributed by atoms with van der Waals surface area (Å²) in [4.78, 5) is 15.5. The Labute approximate surface area is 102 Å². The van der Waals surface area contributed by atoms with Crippen LogP contribution >= 0.6 is 0 Å². The van der Waals surface area contributed by atoms with Crippen molar-refractivity contribution in [3.05, 3.63) is 30.1 Å². The Morgan fingerprint density at radius 2 is 2.06 bits per heavy atom. The fraction of sp³-hybridized carbons (Fsp3) is 0.538. The molecule has 4 heteroatoms. The summed E-state index contributed by atoms with van der Waals surface area (Å²) in [5.41, 5.74) is 1.16. The SMILES string of the molecule is O=C(CCc1ccncc1)NCCNC1CC1. The lowest BCUT2D eigenvalue weighted by molar-refractivity contribution is -0.121. The number of rotatable bonds is 7. The maximum atomic E-state index is 11.5. The normalized spacial score (nSPS) is 14.6. The second-order valence-electron chi connectivity index (χ2n) is 4.43. The molecule has 2 rings (SSSR count). The highest BCUT2D eigenvalue weighted by Gasteiger charge is 2.19. The predicted octanol–water partition coefficient (Wildman–Crippen LogP) is 0.882. The molecule has 0 aromatic carbocycles. The van der Waals surface area contributed by atoms with Crippen LogP contribution in [0.1, 0.15) is 24.8 Å². The average molecular weight is 233 g/mol. The topological polar surface area (TPSA) is 54.0 Å². The molecule has 1 aliphatic carbocycles. The monoisotopic (exact) mass is 233 g/mol. The summed E-state index contributed by atoms with van der Waals surface area (Å²) < 4.78 is 0. The number of aromatic nitrogens is 1. The molecule has 0 unspecified atom stereocenters. The van der Waals surface area contributed by atoms with Gasteiger partial charge >= 0.3 is 0 Å². The van der Waals surface area contributed by atoms with Crippen molar-refractivity contribution in [3.63, 3.8) is 0 Å². The molecule has 0 radical (unpaired) electrons. The van der Waals surface area contributed by atoms with Crippen LogP contribution in [-0.2, 0) is 11.2 Å². The molecule has 0 bridgehead atoms. The molecule has 4 nitrogen and oxygen atoms in total. The Hall–Kier alpha value is -1.42. The lowest BCUT2D eigenvalue weighted by Crippen LogP contribution is -2.32. The minimum Gasteiger partial charge on any atom is -0.355 e. The van der Waals surface area contributed by atoms with E-state index in [4.69, 9.17) is 0 Å². The van der Waals surface area contributed by atoms with E-state index in [1.165, 1.54) is 12.8 Å². The van der Waals surface area contributed by atoms with Gasteiger partial charge in [-0.3, -0.25) is 9.78 Å². The molecule has 1 aromatic rings. The maximum absolute atomic E-state index is 11.5. The first-order valence-electron chi connectivity index (χ1n) is 6.23. The number of aryl methyl sites for hydroxylation is 1. The van der Waals surface area contributed by atoms with Gasteiger partial charge in [-0.1, -0.05) is 0 Å². The highest BCUT2D eigenvalue weighted by Crippen LogP contribution is 2.17. The van der Waals surface area contributed by atoms with Crippen LogP contribution in [0.15, 0.2) is 24.5 Å². The standard InChI is InChI=1S/C13H19N3O/c17-13(16-10-9-15-12-2-3-12)4-1-11-5-7-14-8-6-11/h5-8,12,15H,1-4,9-10H2,(H,16,17). The van der Waals surface area contributed by atoms with Gasteiger partial charge in [-0.15, -0.1) is 0 Å². The Morgan fingerprint density at radius 3 is 2.76 bits per heavy atom. The van der Waals surface area contributed by atoms with Crippen molar-refractivity contribution in [1.82, 2.24) is 15.6 Å². The van der Waals surface area contributed by atoms with Crippen molar-refractivity contribution >= 4 is 5.91 Å². The van der Waals surface area contributed by atoms with Gasteiger partial charge < -0.3 is 10.6 Å². The molecule has 1 fully saturated rings. The van der Waals surface area contributed by atoms with Gasteiger partial charge in [0.1, 0.15) is 0 Å². The summed E-state index contributed by atoms with van der Waals surface area (Å²) in [5, 5.41) is 6.28. The molecular formula is C13H19N3O. The zero-order chi connectivity index (χ0) is 11.9. The van der Waals surface area contributed by atoms with Gasteiger partial charge in [-0.25, -0.2) is 0 Å². The number of nitrogens with zero attached hydrogens (tertiary/aromatic N) is 1. The maximum Gasteiger partial charge on any atom is 0.220 e. The number of carbonyl (C=O) groups is 1. The van der Waals surface area contributed by atoms with Crippen LogP contribution in [0.2, 0.25) is 0 Å². The predicted molar refractivity (Wildman–Crippen MR) is 66.6 cm³/mol. The van der Waals surface area contributed by atoms with Crippen LogP contribution in [-0.4, -0.2) is 30.0 Å². The van der Waals surface area contributed by atoms with Crippen LogP contribution in [0.4, 0.5) is 0 Å². The van der Waals surface area contributed by atoms with E-state index >= 15 is 0 Å². The van der Waals surface area contributed by atoms with E-state index in [0.717, 1.165) is 25.1 Å². The fourth-order valence-electron chi connectivity index (χ4n) is 1.66. The zero-order valence-corrected chi connectivity index (χ0v) is 9.98. The molecular weight excluding hydrogens is 214 g/mol. The van der Waals surface area contributed by atoms with Crippen molar-refractivity contribution in [1.29, 1.82) is 0 Å². The van der Waals surface area contributed by atoms with Crippen molar-refractivity contribution in [2.75, 3.05) is 13.1 Å². The van der Waals surface area contributed by atoms with Gasteiger partial charge in [0.25, 0.3) is 0 Å². The fourth-order valence-corrected chi connectivity index (χ4v) is 1.66. The molecule has 2 N–H and O–H groups in total. The van der Waals surface area contributed by atoms with Gasteiger partial charge in [-0.2, -0.15) is 0 Å². The van der Waals surface area contributed by atoms with E-state index in [0.29, 0.717) is 12.5 Å². The first kappa shape index (κ1) is 12.0. The Kier molecular flexibility index (Phi) is 4.50. The summed E-state index contributed by atoms with van der Waals surface area (Å²) in [5.74, 6) is 0.124. The lowest BCUT2D eigenvalue weighted by atomic mass is 10.1. The summed E-state index contributed by atoms with van der Waals surface area (Å²) in [6, 6.07) is 4.60. The third kappa shape index (κ3) is 4.95. The van der Waals surface area contributed by atoms with Crippen LogP contribution in [0.5, 0.6) is 0 Å². The quantitative estimate of drug-likeness (QED) is 0.687. The van der Waals surface area contributed by atoms with Gasteiger partial charge in [-0.05, 0) is 37.0 Å². The molecule has 1 saturated carbocycles. The lowest BCUT2D eigenvalue weighted by Gasteiger charge is -2.06. The Bertz CT molecular complexity index is 349. The van der Waals surface area contributed by atoms with E-state index in [2.05, 4.69) is 15.6 Å². The number of hydrogen-bond donors (Lipinski definition) is 2. The van der Waals surface area contributed by atoms with E-state index in [1.54, 1.807) is 12.4 Å². The molecule has 0 spiro atoms. The molecule has 0 saturated heterocycles. The first-order chi connectivity index (χ1) is 8.34. The van der Waals surface area contributed by atoms with Gasteiger partial charge in [0.05, 0.1) is 0 Å². The third-order valence-corrected chi connectivity index (χ3v) is 2.85. The number of amides is 1. The van der Waals surface area contributed by atoms with Crippen molar-refractivity contribution in [3.8, 4) is 0 Å². The largest absolute Gasteiger partial charge is 0.355 e. The van der Waals surface area contributed by atoms with E-state index < -0.39 is 0 Å². The smallest absolute Gasteiger partial charge is 0.220 e. The summed E-state index contributed by atoms with van der Waals surface area (Å²) in [6.45, 7) is 1.61. The number of carbonyl (C=O) groups excluding carboxylic acids is 1. The summed E-state index contributed by atoms with van der Waals surface area (Å²) in [7, 11) is 0. The van der Waals surface area contributed by atoms with Gasteiger partial charge in [0.15, 0.2) is 0 Å². The molecule has 0 atom stereocenters. The zero-order valence-electron chi connectivity index (χ0n) is 9.98. The van der Waals surface area contributed by atoms with Crippen molar-refractivity contribution in [2.45, 2.75) is 31.7 Å². The van der Waals surface area contributed by atoms with Crippen molar-refractivity contribution in [2.24, 2.45) is 0 Å². The van der Waals surface area contributed by atoms with E-state index in [-0.39, 0.29) is 5.91 Å². The second-order valence-corrected chi connectivity index (χ2v) is 4.43. The average Bonchev–Trinajstić information content (AvgIpc) is 3.17.